The summed E-state index contributed by atoms with van der Waals surface area (Å²) in [6.45, 7) is 3.76. The minimum absolute atomic E-state index is 0.0231. The first kappa shape index (κ1) is 9.96. The number of likely N-dealkylation sites (N-methyl/N-ethyl adjacent to an activating group) is 1. The second-order valence-electron chi connectivity index (χ2n) is 3.56. The average Bonchev–Trinajstić information content (AvgIpc) is 2.49. The molecule has 0 aromatic rings. The number of hydrogen-bond donors (Lipinski definition) is 1. The van der Waals surface area contributed by atoms with E-state index in [2.05, 4.69) is 12.2 Å². The van der Waals surface area contributed by atoms with E-state index in [0.717, 1.165) is 13.0 Å². The van der Waals surface area contributed by atoms with Gasteiger partial charge in [0.15, 0.2) is 0 Å². The second kappa shape index (κ2) is 4.21. The van der Waals surface area contributed by atoms with Gasteiger partial charge in [0.1, 0.15) is 0 Å². The summed E-state index contributed by atoms with van der Waals surface area (Å²) in [6, 6.07) is 0.310. The summed E-state index contributed by atoms with van der Waals surface area (Å²) in [5, 5.41) is 3.24. The largest absolute Gasteiger partial charge is 0.383 e. The van der Waals surface area contributed by atoms with E-state index in [1.807, 2.05) is 7.05 Å². The molecule has 1 heterocycles. The smallest absolute Gasteiger partial charge is 0.0830 e. The molecule has 0 amide bonds. The van der Waals surface area contributed by atoms with E-state index in [1.54, 1.807) is 7.11 Å². The Bertz CT molecular complexity index is 132. The molecule has 2 atom stereocenters. The molecule has 0 bridgehead atoms. The highest BCUT2D eigenvalue weighted by Crippen LogP contribution is 2.28. The Labute approximate surface area is 74.4 Å². The van der Waals surface area contributed by atoms with E-state index in [4.69, 9.17) is 9.47 Å². The minimum atomic E-state index is -0.0231. The van der Waals surface area contributed by atoms with Crippen LogP contribution >= 0.6 is 0 Å². The molecule has 1 aliphatic heterocycles. The highest BCUT2D eigenvalue weighted by atomic mass is 16.5. The van der Waals surface area contributed by atoms with Crippen molar-refractivity contribution in [1.29, 1.82) is 0 Å². The van der Waals surface area contributed by atoms with Crippen molar-refractivity contribution in [1.82, 2.24) is 5.32 Å². The van der Waals surface area contributed by atoms with Crippen LogP contribution in [-0.2, 0) is 9.47 Å². The van der Waals surface area contributed by atoms with E-state index < -0.39 is 0 Å². The van der Waals surface area contributed by atoms with Gasteiger partial charge in [0.05, 0.1) is 18.2 Å². The van der Waals surface area contributed by atoms with Crippen LogP contribution in [-0.4, -0.2) is 39.0 Å². The van der Waals surface area contributed by atoms with Gasteiger partial charge in [0.2, 0.25) is 0 Å². The van der Waals surface area contributed by atoms with Gasteiger partial charge in [-0.15, -0.1) is 0 Å². The number of hydrogen-bond acceptors (Lipinski definition) is 3. The maximum atomic E-state index is 5.70. The first-order valence-corrected chi connectivity index (χ1v) is 4.53. The molecule has 1 aliphatic rings. The molecule has 0 radical (unpaired) electrons. The van der Waals surface area contributed by atoms with Gasteiger partial charge in [-0.3, -0.25) is 0 Å². The number of ether oxygens (including phenoxy) is 2. The predicted octanol–water partition coefficient (Wildman–Crippen LogP) is 0.790. The molecule has 0 aliphatic carbocycles. The molecule has 1 N–H and O–H groups in total. The Morgan fingerprint density at radius 3 is 2.83 bits per heavy atom. The Morgan fingerprint density at radius 2 is 2.42 bits per heavy atom. The summed E-state index contributed by atoms with van der Waals surface area (Å²) in [5.41, 5.74) is -0.0231. The maximum absolute atomic E-state index is 5.70. The van der Waals surface area contributed by atoms with Crippen LogP contribution in [0.3, 0.4) is 0 Å². The van der Waals surface area contributed by atoms with Crippen LogP contribution in [0, 0.1) is 0 Å². The lowest BCUT2D eigenvalue weighted by atomic mass is 9.94. The summed E-state index contributed by atoms with van der Waals surface area (Å²) >= 11 is 0. The number of methoxy groups -OCH3 is 1. The third-order valence-electron chi connectivity index (χ3n) is 2.67. The lowest BCUT2D eigenvalue weighted by Crippen LogP contribution is -2.49. The van der Waals surface area contributed by atoms with Crippen molar-refractivity contribution >= 4 is 0 Å². The maximum Gasteiger partial charge on any atom is 0.0830 e. The summed E-state index contributed by atoms with van der Waals surface area (Å²) in [5.74, 6) is 0. The van der Waals surface area contributed by atoms with Gasteiger partial charge in [-0.25, -0.2) is 0 Å². The van der Waals surface area contributed by atoms with Crippen LogP contribution in [0.2, 0.25) is 0 Å². The number of nitrogens with one attached hydrogen (secondary N) is 1. The van der Waals surface area contributed by atoms with Gasteiger partial charge in [-0.2, -0.15) is 0 Å². The van der Waals surface area contributed by atoms with E-state index in [0.29, 0.717) is 12.6 Å². The van der Waals surface area contributed by atoms with E-state index in [9.17, 15) is 0 Å². The molecule has 72 valence electrons. The van der Waals surface area contributed by atoms with Crippen molar-refractivity contribution in [2.75, 3.05) is 27.4 Å². The third kappa shape index (κ3) is 1.97. The summed E-state index contributed by atoms with van der Waals surface area (Å²) in [4.78, 5) is 0. The van der Waals surface area contributed by atoms with Crippen LogP contribution in [0.1, 0.15) is 19.8 Å². The van der Waals surface area contributed by atoms with Crippen molar-refractivity contribution < 1.29 is 9.47 Å². The fourth-order valence-electron chi connectivity index (χ4n) is 1.81. The lowest BCUT2D eigenvalue weighted by molar-refractivity contribution is -0.0306. The van der Waals surface area contributed by atoms with Crippen LogP contribution in [0.5, 0.6) is 0 Å². The zero-order valence-electron chi connectivity index (χ0n) is 8.22. The van der Waals surface area contributed by atoms with Crippen LogP contribution < -0.4 is 5.32 Å². The van der Waals surface area contributed by atoms with E-state index in [1.165, 1.54) is 6.42 Å². The molecule has 12 heavy (non-hydrogen) atoms. The molecule has 3 heteroatoms. The standard InChI is InChI=1S/C9H19NO2/c1-9(5-4-6-12-9)8(10-2)7-11-3/h8,10H,4-7H2,1-3H3. The summed E-state index contributed by atoms with van der Waals surface area (Å²) < 4.78 is 10.8. The van der Waals surface area contributed by atoms with E-state index in [-0.39, 0.29) is 5.60 Å². The van der Waals surface area contributed by atoms with Crippen LogP contribution in [0.15, 0.2) is 0 Å². The third-order valence-corrected chi connectivity index (χ3v) is 2.67. The van der Waals surface area contributed by atoms with Crippen molar-refractivity contribution in [3.63, 3.8) is 0 Å². The SMILES string of the molecule is CNC(COC)C1(C)CCCO1. The fourth-order valence-corrected chi connectivity index (χ4v) is 1.81. The first-order chi connectivity index (χ1) is 5.73. The van der Waals surface area contributed by atoms with Crippen LogP contribution in [0.25, 0.3) is 0 Å². The van der Waals surface area contributed by atoms with Gasteiger partial charge >= 0.3 is 0 Å². The van der Waals surface area contributed by atoms with Crippen molar-refractivity contribution in [2.24, 2.45) is 0 Å². The predicted molar refractivity (Wildman–Crippen MR) is 48.3 cm³/mol. The Kier molecular flexibility index (Phi) is 3.50. The van der Waals surface area contributed by atoms with Crippen LogP contribution in [0.4, 0.5) is 0 Å². The molecule has 0 spiro atoms. The molecular weight excluding hydrogens is 154 g/mol. The molecule has 0 saturated carbocycles. The normalized spacial score (nSPS) is 32.2. The molecule has 1 saturated heterocycles. The van der Waals surface area contributed by atoms with Gasteiger partial charge in [0.25, 0.3) is 0 Å². The Balaban J connectivity index is 2.50. The number of rotatable bonds is 4. The zero-order valence-corrected chi connectivity index (χ0v) is 8.22. The fraction of sp³-hybridized carbons (Fsp3) is 1.00. The second-order valence-corrected chi connectivity index (χ2v) is 3.56. The average molecular weight is 173 g/mol. The van der Waals surface area contributed by atoms with Crippen molar-refractivity contribution in [2.45, 2.75) is 31.4 Å². The van der Waals surface area contributed by atoms with Crippen molar-refractivity contribution in [3.8, 4) is 0 Å². The lowest BCUT2D eigenvalue weighted by Gasteiger charge is -2.32. The molecule has 0 aromatic carbocycles. The monoisotopic (exact) mass is 173 g/mol. The topological polar surface area (TPSA) is 30.5 Å². The highest BCUT2D eigenvalue weighted by Gasteiger charge is 2.37. The van der Waals surface area contributed by atoms with E-state index >= 15 is 0 Å². The molecule has 0 aromatic heterocycles. The first-order valence-electron chi connectivity index (χ1n) is 4.53. The zero-order chi connectivity index (χ0) is 9.03. The van der Waals surface area contributed by atoms with Gasteiger partial charge in [-0.05, 0) is 26.8 Å². The van der Waals surface area contributed by atoms with Gasteiger partial charge < -0.3 is 14.8 Å². The summed E-state index contributed by atoms with van der Waals surface area (Å²) in [6.07, 6.45) is 2.29. The Hall–Kier alpha value is -0.120. The van der Waals surface area contributed by atoms with Gasteiger partial charge in [0, 0.05) is 13.7 Å². The van der Waals surface area contributed by atoms with Crippen molar-refractivity contribution in [3.05, 3.63) is 0 Å². The molecule has 1 fully saturated rings. The summed E-state index contributed by atoms with van der Waals surface area (Å²) in [7, 11) is 3.68. The Morgan fingerprint density at radius 1 is 1.67 bits per heavy atom. The highest BCUT2D eigenvalue weighted by molar-refractivity contribution is 4.91. The quantitative estimate of drug-likeness (QED) is 0.682. The molecular formula is C9H19NO2. The minimum Gasteiger partial charge on any atom is -0.383 e. The molecule has 1 rings (SSSR count). The van der Waals surface area contributed by atoms with Gasteiger partial charge in [-0.1, -0.05) is 0 Å². The molecule has 3 nitrogen and oxygen atoms in total. The molecule has 2 unspecified atom stereocenters.